The van der Waals surface area contributed by atoms with Gasteiger partial charge in [0.25, 0.3) is 0 Å². The van der Waals surface area contributed by atoms with E-state index in [1.807, 2.05) is 77.3 Å². The van der Waals surface area contributed by atoms with Crippen LogP contribution >= 0.6 is 11.8 Å². The van der Waals surface area contributed by atoms with Crippen LogP contribution in [0, 0.1) is 0 Å². The molecule has 0 radical (unpaired) electrons. The number of imidazole rings is 2. The second-order valence-corrected chi connectivity index (χ2v) is 7.83. The lowest BCUT2D eigenvalue weighted by molar-refractivity contribution is -0.113. The number of rotatable bonds is 6. The molecule has 8 heteroatoms. The van der Waals surface area contributed by atoms with Crippen molar-refractivity contribution in [3.63, 3.8) is 0 Å². The van der Waals surface area contributed by atoms with Crippen molar-refractivity contribution in [3.8, 4) is 17.0 Å². The minimum Gasteiger partial charge on any atom is -0.497 e. The van der Waals surface area contributed by atoms with Crippen molar-refractivity contribution in [3.05, 3.63) is 72.9 Å². The number of carbonyl (C=O) groups excluding carboxylic acids is 1. The Kier molecular flexibility index (Phi) is 5.05. The van der Waals surface area contributed by atoms with E-state index in [9.17, 15) is 4.79 Å². The molecule has 0 aliphatic heterocycles. The predicted molar refractivity (Wildman–Crippen MR) is 123 cm³/mol. The van der Waals surface area contributed by atoms with E-state index in [0.717, 1.165) is 33.7 Å². The number of nitrogens with zero attached hydrogens (tertiary/aromatic N) is 3. The Labute approximate surface area is 182 Å². The van der Waals surface area contributed by atoms with Crippen molar-refractivity contribution >= 4 is 40.2 Å². The van der Waals surface area contributed by atoms with Gasteiger partial charge in [-0.15, -0.1) is 0 Å². The molecular weight excluding hydrogens is 410 g/mol. The molecule has 0 aliphatic rings. The molecule has 3 aromatic heterocycles. The summed E-state index contributed by atoms with van der Waals surface area (Å²) >= 11 is 1.35. The topological polar surface area (TPSA) is 84.3 Å². The Morgan fingerprint density at radius 1 is 1.10 bits per heavy atom. The predicted octanol–water partition coefficient (Wildman–Crippen LogP) is 4.62. The van der Waals surface area contributed by atoms with Gasteiger partial charge in [-0.2, -0.15) is 0 Å². The molecule has 7 nitrogen and oxygen atoms in total. The number of amides is 1. The molecule has 0 saturated carbocycles. The summed E-state index contributed by atoms with van der Waals surface area (Å²) in [6.45, 7) is 0. The van der Waals surface area contributed by atoms with E-state index in [0.29, 0.717) is 11.0 Å². The molecule has 1 amide bonds. The van der Waals surface area contributed by atoms with Gasteiger partial charge in [0.15, 0.2) is 5.16 Å². The van der Waals surface area contributed by atoms with Crippen LogP contribution < -0.4 is 10.1 Å². The van der Waals surface area contributed by atoms with Gasteiger partial charge in [0.2, 0.25) is 5.91 Å². The molecule has 2 N–H and O–H groups in total. The molecule has 0 atom stereocenters. The normalized spacial score (nSPS) is 11.1. The molecule has 0 fully saturated rings. The third-order valence-electron chi connectivity index (χ3n) is 4.84. The first-order valence-electron chi connectivity index (χ1n) is 9.70. The largest absolute Gasteiger partial charge is 0.497 e. The second kappa shape index (κ2) is 8.16. The number of methoxy groups -OCH3 is 1. The summed E-state index contributed by atoms with van der Waals surface area (Å²) < 4.78 is 7.13. The summed E-state index contributed by atoms with van der Waals surface area (Å²) in [4.78, 5) is 25.3. The SMILES string of the molecule is COc1ccc2nc(SCC(=O)Nc3c(-c4ccccc4)nc4ccccn34)[nH]c2c1. The van der Waals surface area contributed by atoms with E-state index in [-0.39, 0.29) is 11.7 Å². The molecule has 154 valence electrons. The van der Waals surface area contributed by atoms with Gasteiger partial charge in [0, 0.05) is 17.8 Å². The number of nitrogens with one attached hydrogen (secondary N) is 2. The molecule has 2 aromatic carbocycles. The van der Waals surface area contributed by atoms with Gasteiger partial charge in [-0.3, -0.25) is 9.20 Å². The number of hydrogen-bond acceptors (Lipinski definition) is 5. The van der Waals surface area contributed by atoms with E-state index in [1.165, 1.54) is 11.8 Å². The lowest BCUT2D eigenvalue weighted by atomic mass is 10.1. The number of thioether (sulfide) groups is 1. The molecule has 5 aromatic rings. The lowest BCUT2D eigenvalue weighted by Crippen LogP contribution is -2.16. The molecule has 0 saturated heterocycles. The molecule has 0 unspecified atom stereocenters. The van der Waals surface area contributed by atoms with Crippen molar-refractivity contribution in [1.82, 2.24) is 19.4 Å². The number of anilines is 1. The van der Waals surface area contributed by atoms with Crippen LogP contribution in [0.4, 0.5) is 5.82 Å². The minimum atomic E-state index is -0.133. The Balaban J connectivity index is 1.37. The number of hydrogen-bond donors (Lipinski definition) is 2. The number of pyridine rings is 1. The lowest BCUT2D eigenvalue weighted by Gasteiger charge is -2.07. The van der Waals surface area contributed by atoms with E-state index in [4.69, 9.17) is 9.72 Å². The van der Waals surface area contributed by atoms with Crippen LogP contribution in [-0.2, 0) is 4.79 Å². The summed E-state index contributed by atoms with van der Waals surface area (Å²) in [5.41, 5.74) is 4.16. The van der Waals surface area contributed by atoms with Gasteiger partial charge in [0.05, 0.1) is 23.9 Å². The molecule has 31 heavy (non-hydrogen) atoms. The number of fused-ring (bicyclic) bond motifs is 2. The highest BCUT2D eigenvalue weighted by Gasteiger charge is 2.17. The average Bonchev–Trinajstić information content (AvgIpc) is 3.39. The number of carbonyl (C=O) groups is 1. The Morgan fingerprint density at radius 2 is 1.94 bits per heavy atom. The van der Waals surface area contributed by atoms with Crippen LogP contribution in [0.3, 0.4) is 0 Å². The van der Waals surface area contributed by atoms with E-state index < -0.39 is 0 Å². The van der Waals surface area contributed by atoms with Gasteiger partial charge in [-0.1, -0.05) is 48.2 Å². The summed E-state index contributed by atoms with van der Waals surface area (Å²) in [6.07, 6.45) is 1.89. The molecule has 0 bridgehead atoms. The molecular formula is C23H19N5O2S. The summed E-state index contributed by atoms with van der Waals surface area (Å²) in [5, 5.41) is 3.71. The van der Waals surface area contributed by atoms with Gasteiger partial charge in [-0.25, -0.2) is 9.97 Å². The highest BCUT2D eigenvalue weighted by Crippen LogP contribution is 2.29. The van der Waals surface area contributed by atoms with E-state index in [2.05, 4.69) is 15.3 Å². The van der Waals surface area contributed by atoms with E-state index >= 15 is 0 Å². The summed E-state index contributed by atoms with van der Waals surface area (Å²) in [6, 6.07) is 21.2. The van der Waals surface area contributed by atoms with Gasteiger partial charge >= 0.3 is 0 Å². The molecule has 3 heterocycles. The fourth-order valence-electron chi connectivity index (χ4n) is 3.38. The second-order valence-electron chi connectivity index (χ2n) is 6.87. The number of benzene rings is 2. The van der Waals surface area contributed by atoms with Crippen molar-refractivity contribution in [2.45, 2.75) is 5.16 Å². The maximum atomic E-state index is 12.8. The third kappa shape index (κ3) is 3.85. The quantitative estimate of drug-likeness (QED) is 0.385. The fourth-order valence-corrected chi connectivity index (χ4v) is 4.06. The maximum Gasteiger partial charge on any atom is 0.236 e. The average molecular weight is 430 g/mol. The summed E-state index contributed by atoms with van der Waals surface area (Å²) in [5.74, 6) is 1.49. The van der Waals surface area contributed by atoms with Crippen LogP contribution in [0.2, 0.25) is 0 Å². The minimum absolute atomic E-state index is 0.133. The van der Waals surface area contributed by atoms with Crippen LogP contribution in [0.1, 0.15) is 0 Å². The van der Waals surface area contributed by atoms with Crippen LogP contribution in [0.5, 0.6) is 5.75 Å². The van der Waals surface area contributed by atoms with Crippen molar-refractivity contribution in [2.75, 3.05) is 18.2 Å². The zero-order chi connectivity index (χ0) is 21.2. The number of aromatic amines is 1. The maximum absolute atomic E-state index is 12.8. The van der Waals surface area contributed by atoms with Gasteiger partial charge < -0.3 is 15.0 Å². The van der Waals surface area contributed by atoms with E-state index in [1.54, 1.807) is 7.11 Å². The van der Waals surface area contributed by atoms with Crippen molar-refractivity contribution in [1.29, 1.82) is 0 Å². The Morgan fingerprint density at radius 3 is 2.77 bits per heavy atom. The molecule has 5 rings (SSSR count). The van der Waals surface area contributed by atoms with Crippen LogP contribution in [0.15, 0.2) is 78.1 Å². The van der Waals surface area contributed by atoms with Crippen molar-refractivity contribution < 1.29 is 9.53 Å². The number of ether oxygens (including phenoxy) is 1. The zero-order valence-electron chi connectivity index (χ0n) is 16.7. The van der Waals surface area contributed by atoms with Gasteiger partial charge in [-0.05, 0) is 24.3 Å². The smallest absolute Gasteiger partial charge is 0.236 e. The first-order chi connectivity index (χ1) is 15.2. The summed E-state index contributed by atoms with van der Waals surface area (Å²) in [7, 11) is 1.63. The number of aromatic nitrogens is 4. The van der Waals surface area contributed by atoms with Crippen molar-refractivity contribution in [2.24, 2.45) is 0 Å². The first kappa shape index (κ1) is 19.2. The monoisotopic (exact) mass is 429 g/mol. The Hall–Kier alpha value is -3.78. The van der Waals surface area contributed by atoms with Crippen LogP contribution in [0.25, 0.3) is 27.9 Å². The highest BCUT2D eigenvalue weighted by atomic mass is 32.2. The highest BCUT2D eigenvalue weighted by molar-refractivity contribution is 7.99. The fraction of sp³-hybridized carbons (Fsp3) is 0.0870. The van der Waals surface area contributed by atoms with Gasteiger partial charge in [0.1, 0.15) is 22.9 Å². The Bertz CT molecular complexity index is 1380. The molecule has 0 spiro atoms. The molecule has 0 aliphatic carbocycles. The zero-order valence-corrected chi connectivity index (χ0v) is 17.5. The van der Waals surface area contributed by atoms with Crippen LogP contribution in [-0.4, -0.2) is 38.1 Å². The number of H-pyrrole nitrogens is 1. The third-order valence-corrected chi connectivity index (χ3v) is 5.72. The first-order valence-corrected chi connectivity index (χ1v) is 10.7. The standard InChI is InChI=1S/C23H19N5O2S/c1-30-16-10-11-17-18(13-16)25-23(24-17)31-14-20(29)27-22-21(15-7-3-2-4-8-15)26-19-9-5-6-12-28(19)22/h2-13H,14H2,1H3,(H,24,25)(H,27,29).